The van der Waals surface area contributed by atoms with Crippen molar-refractivity contribution in [1.82, 2.24) is 15.2 Å². The highest BCUT2D eigenvalue weighted by molar-refractivity contribution is 5.54. The van der Waals surface area contributed by atoms with Crippen molar-refractivity contribution in [1.29, 1.82) is 5.26 Å². The number of aromatic nitrogens is 3. The largest absolute Gasteiger partial charge is 0.259 e. The van der Waals surface area contributed by atoms with Gasteiger partial charge in [0.15, 0.2) is 5.82 Å². The third kappa shape index (κ3) is 1.86. The predicted molar refractivity (Wildman–Crippen MR) is 55.8 cm³/mol. The van der Waals surface area contributed by atoms with E-state index in [-0.39, 0.29) is 5.92 Å². The summed E-state index contributed by atoms with van der Waals surface area (Å²) in [5.41, 5.74) is 1.99. The number of nitriles is 1. The van der Waals surface area contributed by atoms with Gasteiger partial charge in [0.1, 0.15) is 6.33 Å². The average molecular weight is 198 g/mol. The Labute approximate surface area is 87.6 Å². The van der Waals surface area contributed by atoms with Crippen LogP contribution in [0.5, 0.6) is 0 Å². The molecule has 1 heterocycles. The summed E-state index contributed by atoms with van der Waals surface area (Å²) in [6.45, 7) is 1.88. The molecule has 0 saturated carbocycles. The molecule has 4 nitrogen and oxygen atoms in total. The monoisotopic (exact) mass is 198 g/mol. The Morgan fingerprint density at radius 3 is 2.60 bits per heavy atom. The normalized spacial score (nSPS) is 12.0. The van der Waals surface area contributed by atoms with Crippen LogP contribution in [0.25, 0.3) is 11.4 Å². The summed E-state index contributed by atoms with van der Waals surface area (Å²) in [7, 11) is 0. The van der Waals surface area contributed by atoms with Crippen LogP contribution in [0.15, 0.2) is 30.6 Å². The van der Waals surface area contributed by atoms with Gasteiger partial charge < -0.3 is 0 Å². The molecule has 0 aliphatic heterocycles. The molecule has 1 aromatic heterocycles. The smallest absolute Gasteiger partial charge is 0.155 e. The molecular formula is C11H10N4. The molecule has 1 unspecified atom stereocenters. The van der Waals surface area contributed by atoms with Gasteiger partial charge in [-0.25, -0.2) is 4.98 Å². The molecule has 4 heteroatoms. The number of nitrogens with zero attached hydrogens (tertiary/aromatic N) is 3. The number of nitrogens with one attached hydrogen (secondary N) is 1. The zero-order valence-corrected chi connectivity index (χ0v) is 8.31. The molecule has 2 aromatic rings. The van der Waals surface area contributed by atoms with E-state index >= 15 is 0 Å². The van der Waals surface area contributed by atoms with Crippen LogP contribution in [0, 0.1) is 11.3 Å². The molecule has 0 amide bonds. The van der Waals surface area contributed by atoms with Crippen LogP contribution < -0.4 is 0 Å². The number of benzene rings is 1. The van der Waals surface area contributed by atoms with Gasteiger partial charge in [-0.3, -0.25) is 5.10 Å². The molecule has 0 radical (unpaired) electrons. The Bertz CT molecular complexity index is 464. The van der Waals surface area contributed by atoms with Gasteiger partial charge >= 0.3 is 0 Å². The van der Waals surface area contributed by atoms with Crippen molar-refractivity contribution in [2.45, 2.75) is 12.8 Å². The highest BCUT2D eigenvalue weighted by Crippen LogP contribution is 2.19. The van der Waals surface area contributed by atoms with E-state index in [1.807, 2.05) is 31.2 Å². The summed E-state index contributed by atoms with van der Waals surface area (Å²) in [5.74, 6) is 0.667. The Hall–Kier alpha value is -2.15. The lowest BCUT2D eigenvalue weighted by molar-refractivity contribution is 0.982. The average Bonchev–Trinajstić information content (AvgIpc) is 2.82. The van der Waals surface area contributed by atoms with E-state index in [2.05, 4.69) is 21.3 Å². The Kier molecular flexibility index (Phi) is 2.46. The fourth-order valence-electron chi connectivity index (χ4n) is 1.35. The molecule has 1 aromatic carbocycles. The fraction of sp³-hybridized carbons (Fsp3) is 0.182. The number of aromatic amines is 1. The second-order valence-electron chi connectivity index (χ2n) is 3.31. The number of hydrogen-bond donors (Lipinski definition) is 1. The van der Waals surface area contributed by atoms with Gasteiger partial charge in [0.2, 0.25) is 0 Å². The van der Waals surface area contributed by atoms with Gasteiger partial charge in [-0.05, 0) is 12.5 Å². The first-order chi connectivity index (χ1) is 7.31. The topological polar surface area (TPSA) is 65.4 Å². The molecule has 0 aliphatic carbocycles. The standard InChI is InChI=1S/C11H10N4/c1-8(6-12)9-2-4-10(5-3-9)11-13-7-14-15-11/h2-5,7-8H,1H3,(H,13,14,15). The van der Waals surface area contributed by atoms with Gasteiger partial charge in [-0.1, -0.05) is 24.3 Å². The molecule has 1 atom stereocenters. The SMILES string of the molecule is CC(C#N)c1ccc(-c2ncn[nH]2)cc1. The van der Waals surface area contributed by atoms with Crippen LogP contribution >= 0.6 is 0 Å². The molecule has 0 aliphatic rings. The van der Waals surface area contributed by atoms with Crippen LogP contribution in [0.1, 0.15) is 18.4 Å². The van der Waals surface area contributed by atoms with E-state index < -0.39 is 0 Å². The van der Waals surface area contributed by atoms with Crippen molar-refractivity contribution >= 4 is 0 Å². The highest BCUT2D eigenvalue weighted by atomic mass is 15.2. The molecule has 74 valence electrons. The van der Waals surface area contributed by atoms with E-state index in [1.54, 1.807) is 0 Å². The first-order valence-corrected chi connectivity index (χ1v) is 4.66. The van der Waals surface area contributed by atoms with E-state index in [0.717, 1.165) is 17.0 Å². The molecule has 2 rings (SSSR count). The van der Waals surface area contributed by atoms with Gasteiger partial charge in [0.05, 0.1) is 12.0 Å². The third-order valence-corrected chi connectivity index (χ3v) is 2.29. The van der Waals surface area contributed by atoms with Crippen molar-refractivity contribution in [3.63, 3.8) is 0 Å². The zero-order chi connectivity index (χ0) is 10.7. The maximum Gasteiger partial charge on any atom is 0.155 e. The first kappa shape index (κ1) is 9.41. The summed E-state index contributed by atoms with van der Waals surface area (Å²) < 4.78 is 0. The summed E-state index contributed by atoms with van der Waals surface area (Å²) in [4.78, 5) is 4.05. The quantitative estimate of drug-likeness (QED) is 0.803. The van der Waals surface area contributed by atoms with Crippen molar-refractivity contribution in [2.24, 2.45) is 0 Å². The van der Waals surface area contributed by atoms with Crippen LogP contribution in [0.3, 0.4) is 0 Å². The zero-order valence-electron chi connectivity index (χ0n) is 8.31. The Morgan fingerprint density at radius 2 is 2.07 bits per heavy atom. The van der Waals surface area contributed by atoms with Crippen LogP contribution in [0.4, 0.5) is 0 Å². The van der Waals surface area contributed by atoms with Crippen molar-refractivity contribution in [3.8, 4) is 17.5 Å². The lowest BCUT2D eigenvalue weighted by Gasteiger charge is -2.02. The molecule has 0 spiro atoms. The molecule has 15 heavy (non-hydrogen) atoms. The number of rotatable bonds is 2. The summed E-state index contributed by atoms with van der Waals surface area (Å²) >= 11 is 0. The summed E-state index contributed by atoms with van der Waals surface area (Å²) in [5, 5.41) is 15.3. The lowest BCUT2D eigenvalue weighted by atomic mass is 10.0. The third-order valence-electron chi connectivity index (χ3n) is 2.29. The minimum atomic E-state index is -0.0752. The van der Waals surface area contributed by atoms with Crippen molar-refractivity contribution < 1.29 is 0 Å². The second-order valence-corrected chi connectivity index (χ2v) is 3.31. The number of hydrogen-bond acceptors (Lipinski definition) is 3. The van der Waals surface area contributed by atoms with Gasteiger partial charge in [-0.15, -0.1) is 0 Å². The maximum absolute atomic E-state index is 8.76. The molecule has 0 saturated heterocycles. The van der Waals surface area contributed by atoms with Crippen LogP contribution in [0.2, 0.25) is 0 Å². The first-order valence-electron chi connectivity index (χ1n) is 4.66. The minimum Gasteiger partial charge on any atom is -0.259 e. The van der Waals surface area contributed by atoms with E-state index in [9.17, 15) is 0 Å². The van der Waals surface area contributed by atoms with Gasteiger partial charge in [0.25, 0.3) is 0 Å². The molecule has 0 fully saturated rings. The van der Waals surface area contributed by atoms with Crippen molar-refractivity contribution in [3.05, 3.63) is 36.2 Å². The van der Waals surface area contributed by atoms with Gasteiger partial charge in [0, 0.05) is 5.56 Å². The Balaban J connectivity index is 2.30. The summed E-state index contributed by atoms with van der Waals surface area (Å²) in [6, 6.07) is 9.94. The number of H-pyrrole nitrogens is 1. The highest BCUT2D eigenvalue weighted by Gasteiger charge is 2.04. The Morgan fingerprint density at radius 1 is 1.33 bits per heavy atom. The maximum atomic E-state index is 8.76. The van der Waals surface area contributed by atoms with Crippen LogP contribution in [-0.4, -0.2) is 15.2 Å². The summed E-state index contributed by atoms with van der Waals surface area (Å²) in [6.07, 6.45) is 1.47. The lowest BCUT2D eigenvalue weighted by Crippen LogP contribution is -1.89. The van der Waals surface area contributed by atoms with E-state index in [4.69, 9.17) is 5.26 Å². The van der Waals surface area contributed by atoms with Crippen LogP contribution in [-0.2, 0) is 0 Å². The minimum absolute atomic E-state index is 0.0752. The fourth-order valence-corrected chi connectivity index (χ4v) is 1.35. The van der Waals surface area contributed by atoms with E-state index in [0.29, 0.717) is 0 Å². The van der Waals surface area contributed by atoms with Crippen molar-refractivity contribution in [2.75, 3.05) is 0 Å². The second kappa shape index (κ2) is 3.93. The molecule has 1 N–H and O–H groups in total. The molecule has 0 bridgehead atoms. The molecular weight excluding hydrogens is 188 g/mol. The predicted octanol–water partition coefficient (Wildman–Crippen LogP) is 2.10. The van der Waals surface area contributed by atoms with Gasteiger partial charge in [-0.2, -0.15) is 10.4 Å². The van der Waals surface area contributed by atoms with E-state index in [1.165, 1.54) is 6.33 Å².